The van der Waals surface area contributed by atoms with Gasteiger partial charge in [-0.1, -0.05) is 53.5 Å². The van der Waals surface area contributed by atoms with Crippen LogP contribution < -0.4 is 0 Å². The van der Waals surface area contributed by atoms with E-state index in [9.17, 15) is 9.59 Å². The van der Waals surface area contributed by atoms with Gasteiger partial charge in [0, 0.05) is 16.5 Å². The Labute approximate surface area is 197 Å². The minimum absolute atomic E-state index is 0.0590. The van der Waals surface area contributed by atoms with Crippen LogP contribution >= 0.6 is 23.2 Å². The third-order valence-corrected chi connectivity index (χ3v) is 6.49. The number of halogens is 2. The number of amides is 1. The molecule has 32 heavy (non-hydrogen) atoms. The summed E-state index contributed by atoms with van der Waals surface area (Å²) in [5.74, 6) is -0.599. The molecule has 1 aliphatic carbocycles. The molecule has 168 valence electrons. The highest BCUT2D eigenvalue weighted by molar-refractivity contribution is 6.30. The summed E-state index contributed by atoms with van der Waals surface area (Å²) in [6.07, 6.45) is 2.42. The van der Waals surface area contributed by atoms with Gasteiger partial charge in [-0.3, -0.25) is 4.79 Å². The van der Waals surface area contributed by atoms with Gasteiger partial charge in [-0.25, -0.2) is 4.79 Å². The Morgan fingerprint density at radius 1 is 1.19 bits per heavy atom. The molecule has 1 heterocycles. The van der Waals surface area contributed by atoms with E-state index in [4.69, 9.17) is 32.7 Å². The number of morpholine rings is 1. The minimum Gasteiger partial charge on any atom is -0.467 e. The number of benzene rings is 2. The van der Waals surface area contributed by atoms with Crippen molar-refractivity contribution in [3.63, 3.8) is 0 Å². The molecule has 5 nitrogen and oxygen atoms in total. The van der Waals surface area contributed by atoms with Crippen molar-refractivity contribution in [3.05, 3.63) is 82.4 Å². The Hall–Kier alpha value is -2.34. The lowest BCUT2D eigenvalue weighted by Gasteiger charge is -2.47. The van der Waals surface area contributed by atoms with Crippen molar-refractivity contribution >= 4 is 35.1 Å². The van der Waals surface area contributed by atoms with E-state index in [1.54, 1.807) is 29.2 Å². The van der Waals surface area contributed by atoms with Gasteiger partial charge in [0.15, 0.2) is 0 Å². The number of hydrogen-bond donors (Lipinski definition) is 0. The second-order valence-electron chi connectivity index (χ2n) is 8.17. The Kier molecular flexibility index (Phi) is 6.89. The summed E-state index contributed by atoms with van der Waals surface area (Å²) in [5, 5.41) is 1.15. The lowest BCUT2D eigenvalue weighted by atomic mass is 9.89. The lowest BCUT2D eigenvalue weighted by molar-refractivity contribution is -0.186. The van der Waals surface area contributed by atoms with Gasteiger partial charge >= 0.3 is 5.97 Å². The zero-order valence-electron chi connectivity index (χ0n) is 17.7. The van der Waals surface area contributed by atoms with E-state index < -0.39 is 30.3 Å². The molecule has 2 aromatic carbocycles. The van der Waals surface area contributed by atoms with E-state index in [0.29, 0.717) is 16.5 Å². The van der Waals surface area contributed by atoms with Gasteiger partial charge < -0.3 is 14.4 Å². The van der Waals surface area contributed by atoms with E-state index in [-0.39, 0.29) is 11.8 Å². The van der Waals surface area contributed by atoms with Crippen LogP contribution in [0.5, 0.6) is 0 Å². The van der Waals surface area contributed by atoms with Gasteiger partial charge in [0.2, 0.25) is 0 Å². The highest BCUT2D eigenvalue weighted by Gasteiger charge is 2.52. The summed E-state index contributed by atoms with van der Waals surface area (Å²) >= 11 is 12.4. The Balaban J connectivity index is 1.88. The highest BCUT2D eigenvalue weighted by atomic mass is 35.5. The quantitative estimate of drug-likeness (QED) is 0.391. The largest absolute Gasteiger partial charge is 0.467 e. The second-order valence-corrected chi connectivity index (χ2v) is 9.04. The number of carbonyl (C=O) groups is 2. The number of esters is 1. The average Bonchev–Trinajstić information content (AvgIpc) is 3.62. The predicted octanol–water partition coefficient (Wildman–Crippen LogP) is 5.53. The number of carbonyl (C=O) groups excluding carboxylic acids is 2. The highest BCUT2D eigenvalue weighted by Crippen LogP contribution is 2.48. The molecule has 0 aromatic heterocycles. The molecule has 0 bridgehead atoms. The van der Waals surface area contributed by atoms with Crippen LogP contribution in [0.3, 0.4) is 0 Å². The first kappa shape index (κ1) is 22.8. The molecule has 2 aromatic rings. The molecule has 0 spiro atoms. The fourth-order valence-electron chi connectivity index (χ4n) is 4.38. The van der Waals surface area contributed by atoms with Crippen molar-refractivity contribution in [3.8, 4) is 0 Å². The van der Waals surface area contributed by atoms with Crippen LogP contribution in [-0.2, 0) is 19.1 Å². The van der Waals surface area contributed by atoms with E-state index in [1.807, 2.05) is 30.3 Å². The van der Waals surface area contributed by atoms with Crippen molar-refractivity contribution in [2.45, 2.75) is 43.6 Å². The number of hydrogen-bond acceptors (Lipinski definition) is 4. The van der Waals surface area contributed by atoms with Crippen LogP contribution in [0.25, 0.3) is 0 Å². The molecule has 4 rings (SSSR count). The second kappa shape index (κ2) is 9.65. The molecule has 1 saturated heterocycles. The summed E-state index contributed by atoms with van der Waals surface area (Å²) in [4.78, 5) is 28.3. The van der Waals surface area contributed by atoms with Crippen molar-refractivity contribution in [2.75, 3.05) is 7.11 Å². The molecule has 0 radical (unpaired) electrons. The van der Waals surface area contributed by atoms with Crippen molar-refractivity contribution in [2.24, 2.45) is 5.92 Å². The van der Waals surface area contributed by atoms with Gasteiger partial charge in [-0.05, 0) is 54.2 Å². The fraction of sp³-hybridized carbons (Fsp3) is 0.360. The molecular weight excluding hydrogens is 449 g/mol. The molecule has 7 heteroatoms. The summed E-state index contributed by atoms with van der Waals surface area (Å²) in [6, 6.07) is 13.4. The molecule has 0 N–H and O–H groups in total. The first-order valence-electron chi connectivity index (χ1n) is 10.6. The zero-order valence-corrected chi connectivity index (χ0v) is 19.3. The van der Waals surface area contributed by atoms with Crippen LogP contribution in [0.2, 0.25) is 10.0 Å². The summed E-state index contributed by atoms with van der Waals surface area (Å²) < 4.78 is 11.5. The fourth-order valence-corrected chi connectivity index (χ4v) is 4.71. The number of ether oxygens (including phenoxy) is 2. The molecule has 4 atom stereocenters. The molecule has 1 unspecified atom stereocenters. The van der Waals surface area contributed by atoms with E-state index in [0.717, 1.165) is 24.0 Å². The average molecular weight is 474 g/mol. The van der Waals surface area contributed by atoms with Crippen LogP contribution in [0.15, 0.2) is 61.2 Å². The van der Waals surface area contributed by atoms with Crippen molar-refractivity contribution in [1.82, 2.24) is 4.90 Å². The van der Waals surface area contributed by atoms with Gasteiger partial charge in [0.05, 0.1) is 13.2 Å². The van der Waals surface area contributed by atoms with Crippen LogP contribution in [0.1, 0.15) is 42.5 Å². The van der Waals surface area contributed by atoms with Crippen molar-refractivity contribution < 1.29 is 19.1 Å². The Bertz CT molecular complexity index is 1010. The number of rotatable bonds is 7. The normalized spacial score (nSPS) is 24.2. The summed E-state index contributed by atoms with van der Waals surface area (Å²) in [5.41, 5.74) is 1.64. The van der Waals surface area contributed by atoms with Gasteiger partial charge in [-0.15, -0.1) is 6.58 Å². The van der Waals surface area contributed by atoms with Gasteiger partial charge in [0.1, 0.15) is 18.2 Å². The van der Waals surface area contributed by atoms with Gasteiger partial charge in [0.25, 0.3) is 5.91 Å². The van der Waals surface area contributed by atoms with E-state index >= 15 is 0 Å². The third-order valence-electron chi connectivity index (χ3n) is 6.01. The molecular formula is C25H25Cl2NO4. The lowest BCUT2D eigenvalue weighted by Crippen LogP contribution is -2.57. The first-order chi connectivity index (χ1) is 15.4. The molecule has 2 aliphatic rings. The van der Waals surface area contributed by atoms with Crippen LogP contribution in [0.4, 0.5) is 0 Å². The molecule has 1 saturated carbocycles. The van der Waals surface area contributed by atoms with Gasteiger partial charge in [-0.2, -0.15) is 0 Å². The maximum Gasteiger partial charge on any atom is 0.328 e. The van der Waals surface area contributed by atoms with Crippen LogP contribution in [0, 0.1) is 5.92 Å². The van der Waals surface area contributed by atoms with Crippen molar-refractivity contribution in [1.29, 1.82) is 0 Å². The minimum atomic E-state index is -0.758. The topological polar surface area (TPSA) is 55.8 Å². The maximum absolute atomic E-state index is 13.7. The third kappa shape index (κ3) is 4.56. The summed E-state index contributed by atoms with van der Waals surface area (Å²) in [6.45, 7) is 3.78. The molecule has 1 amide bonds. The predicted molar refractivity (Wildman–Crippen MR) is 123 cm³/mol. The zero-order chi connectivity index (χ0) is 22.8. The summed E-state index contributed by atoms with van der Waals surface area (Å²) in [7, 11) is 1.36. The number of methoxy groups -OCH3 is 1. The smallest absolute Gasteiger partial charge is 0.328 e. The SMILES string of the molecule is C=CC[C@@H]1O[C@@H](c2cccc(Cl)c2)[C@@H](c2ccc(Cl)cc2)N(C(C(=O)OC)C2CC2)C1=O. The number of nitrogens with zero attached hydrogens (tertiary/aromatic N) is 1. The maximum atomic E-state index is 13.7. The van der Waals surface area contributed by atoms with Crippen LogP contribution in [-0.4, -0.2) is 36.0 Å². The first-order valence-corrected chi connectivity index (χ1v) is 11.4. The Morgan fingerprint density at radius 2 is 1.91 bits per heavy atom. The monoisotopic (exact) mass is 473 g/mol. The van der Waals surface area contributed by atoms with E-state index in [2.05, 4.69) is 6.58 Å². The molecule has 2 fully saturated rings. The van der Waals surface area contributed by atoms with E-state index in [1.165, 1.54) is 7.11 Å². The Morgan fingerprint density at radius 3 is 2.50 bits per heavy atom. The molecule has 1 aliphatic heterocycles. The standard InChI is InChI=1S/C25H25Cl2NO4/c1-3-5-20-24(29)28(22(16-8-9-16)25(30)31-2)21(15-10-12-18(26)13-11-15)23(32-20)17-6-4-7-19(27)14-17/h3-4,6-7,10-14,16,20-23H,1,5,8-9H2,2H3/t20-,21+,22?,23-/m0/s1.